The number of carbonyl (C=O) groups is 1. The highest BCUT2D eigenvalue weighted by Gasteiger charge is 2.09. The molecule has 29 heavy (non-hydrogen) atoms. The molecule has 4 aromatic rings. The van der Waals surface area contributed by atoms with Gasteiger partial charge < -0.3 is 10.6 Å². The number of thioether (sulfide) groups is 1. The highest BCUT2D eigenvalue weighted by molar-refractivity contribution is 7.99. The van der Waals surface area contributed by atoms with Crippen LogP contribution in [-0.2, 0) is 11.3 Å². The Morgan fingerprint density at radius 3 is 2.69 bits per heavy atom. The standard InChI is InChI=1S/C22H21N5OS/c1-15-9-11-17(12-10-15)23-13-20-25-22(27-26-20)29-14-21(28)24-19-8-4-6-16-5-2-3-7-18(16)19/h2-12,23H,13-14H2,1H3,(H,24,28)(H,25,26,27). The van der Waals surface area contributed by atoms with Crippen molar-refractivity contribution in [2.24, 2.45) is 0 Å². The molecule has 3 N–H and O–H groups in total. The number of benzene rings is 3. The summed E-state index contributed by atoms with van der Waals surface area (Å²) in [5.41, 5.74) is 3.05. The van der Waals surface area contributed by atoms with Crippen molar-refractivity contribution in [3.63, 3.8) is 0 Å². The van der Waals surface area contributed by atoms with E-state index in [4.69, 9.17) is 0 Å². The predicted molar refractivity (Wildman–Crippen MR) is 118 cm³/mol. The fourth-order valence-corrected chi connectivity index (χ4v) is 3.55. The lowest BCUT2D eigenvalue weighted by Crippen LogP contribution is -2.14. The van der Waals surface area contributed by atoms with Crippen molar-refractivity contribution < 1.29 is 4.79 Å². The average molecular weight is 404 g/mol. The van der Waals surface area contributed by atoms with E-state index in [1.165, 1.54) is 17.3 Å². The summed E-state index contributed by atoms with van der Waals surface area (Å²) < 4.78 is 0. The second-order valence-electron chi connectivity index (χ2n) is 6.65. The second-order valence-corrected chi connectivity index (χ2v) is 7.59. The summed E-state index contributed by atoms with van der Waals surface area (Å²) in [7, 11) is 0. The molecule has 0 saturated carbocycles. The predicted octanol–water partition coefficient (Wildman–Crippen LogP) is 4.61. The molecular formula is C22H21N5OS. The van der Waals surface area contributed by atoms with E-state index in [1.807, 2.05) is 54.6 Å². The molecule has 1 aromatic heterocycles. The number of aromatic amines is 1. The fourth-order valence-electron chi connectivity index (χ4n) is 2.93. The zero-order valence-corrected chi connectivity index (χ0v) is 16.8. The van der Waals surface area contributed by atoms with Crippen LogP contribution in [0.2, 0.25) is 0 Å². The summed E-state index contributed by atoms with van der Waals surface area (Å²) in [6.45, 7) is 2.60. The van der Waals surface area contributed by atoms with Gasteiger partial charge in [-0.25, -0.2) is 4.98 Å². The zero-order valence-electron chi connectivity index (χ0n) is 16.0. The topological polar surface area (TPSA) is 82.7 Å². The number of rotatable bonds is 7. The van der Waals surface area contributed by atoms with Crippen molar-refractivity contribution in [3.05, 3.63) is 78.1 Å². The molecule has 0 radical (unpaired) electrons. The Morgan fingerprint density at radius 2 is 1.83 bits per heavy atom. The van der Waals surface area contributed by atoms with Gasteiger partial charge in [0.05, 0.1) is 12.3 Å². The van der Waals surface area contributed by atoms with Gasteiger partial charge >= 0.3 is 0 Å². The summed E-state index contributed by atoms with van der Waals surface area (Å²) >= 11 is 1.30. The molecule has 0 aliphatic carbocycles. The molecule has 0 bridgehead atoms. The van der Waals surface area contributed by atoms with Crippen molar-refractivity contribution in [1.29, 1.82) is 0 Å². The Kier molecular flexibility index (Phi) is 5.76. The van der Waals surface area contributed by atoms with Crippen LogP contribution in [-0.4, -0.2) is 26.8 Å². The van der Waals surface area contributed by atoms with E-state index in [2.05, 4.69) is 44.9 Å². The summed E-state index contributed by atoms with van der Waals surface area (Å²) in [5, 5.41) is 16.0. The number of nitrogens with zero attached hydrogens (tertiary/aromatic N) is 2. The van der Waals surface area contributed by atoms with Crippen molar-refractivity contribution in [2.75, 3.05) is 16.4 Å². The molecule has 0 spiro atoms. The van der Waals surface area contributed by atoms with Gasteiger partial charge in [-0.05, 0) is 30.5 Å². The average Bonchev–Trinajstić information content (AvgIpc) is 3.20. The molecular weight excluding hydrogens is 382 g/mol. The molecule has 0 aliphatic rings. The van der Waals surface area contributed by atoms with E-state index in [9.17, 15) is 4.79 Å². The van der Waals surface area contributed by atoms with Gasteiger partial charge in [0.25, 0.3) is 0 Å². The number of fused-ring (bicyclic) bond motifs is 1. The van der Waals surface area contributed by atoms with Crippen LogP contribution in [0.4, 0.5) is 11.4 Å². The first-order valence-corrected chi connectivity index (χ1v) is 10.3. The van der Waals surface area contributed by atoms with Crippen molar-refractivity contribution in [2.45, 2.75) is 18.6 Å². The first-order chi connectivity index (χ1) is 14.2. The quantitative estimate of drug-likeness (QED) is 0.393. The number of H-pyrrole nitrogens is 1. The first-order valence-electron chi connectivity index (χ1n) is 9.29. The lowest BCUT2D eigenvalue weighted by Gasteiger charge is -2.08. The maximum atomic E-state index is 12.4. The van der Waals surface area contributed by atoms with E-state index < -0.39 is 0 Å². The summed E-state index contributed by atoms with van der Waals surface area (Å²) in [4.78, 5) is 16.8. The van der Waals surface area contributed by atoms with Gasteiger partial charge in [-0.1, -0.05) is 65.9 Å². The molecule has 1 heterocycles. The number of carbonyl (C=O) groups excluding carboxylic acids is 1. The van der Waals surface area contributed by atoms with Gasteiger partial charge in [0.1, 0.15) is 5.82 Å². The molecule has 0 fully saturated rings. The van der Waals surface area contributed by atoms with E-state index >= 15 is 0 Å². The molecule has 146 valence electrons. The largest absolute Gasteiger partial charge is 0.378 e. The van der Waals surface area contributed by atoms with Crippen molar-refractivity contribution in [3.8, 4) is 0 Å². The maximum Gasteiger partial charge on any atom is 0.234 e. The lowest BCUT2D eigenvalue weighted by molar-refractivity contribution is -0.113. The Labute approximate surface area is 173 Å². The van der Waals surface area contributed by atoms with Crippen LogP contribution in [0, 0.1) is 6.92 Å². The summed E-state index contributed by atoms with van der Waals surface area (Å²) in [6.07, 6.45) is 0. The van der Waals surface area contributed by atoms with E-state index in [0.717, 1.165) is 28.0 Å². The van der Waals surface area contributed by atoms with Gasteiger partial charge in [-0.2, -0.15) is 0 Å². The smallest absolute Gasteiger partial charge is 0.234 e. The molecule has 0 atom stereocenters. The molecule has 1 amide bonds. The fraction of sp³-hybridized carbons (Fsp3) is 0.136. The zero-order chi connectivity index (χ0) is 20.1. The van der Waals surface area contributed by atoms with Crippen LogP contribution < -0.4 is 10.6 Å². The van der Waals surface area contributed by atoms with Gasteiger partial charge in [-0.3, -0.25) is 9.89 Å². The van der Waals surface area contributed by atoms with Gasteiger partial charge in [0, 0.05) is 16.8 Å². The maximum absolute atomic E-state index is 12.4. The SMILES string of the molecule is Cc1ccc(NCc2nc(SCC(=O)Nc3cccc4ccccc34)n[nH]2)cc1. The number of aromatic nitrogens is 3. The van der Waals surface area contributed by atoms with Crippen molar-refractivity contribution in [1.82, 2.24) is 15.2 Å². The number of amides is 1. The van der Waals surface area contributed by atoms with Gasteiger partial charge in [0.2, 0.25) is 11.1 Å². The van der Waals surface area contributed by atoms with Crippen LogP contribution >= 0.6 is 11.8 Å². The first kappa shape index (κ1) is 19.0. The normalized spacial score (nSPS) is 10.8. The molecule has 0 aliphatic heterocycles. The number of anilines is 2. The highest BCUT2D eigenvalue weighted by atomic mass is 32.2. The molecule has 0 unspecified atom stereocenters. The van der Waals surface area contributed by atoms with Crippen molar-refractivity contribution >= 4 is 39.8 Å². The number of hydrogen-bond donors (Lipinski definition) is 3. The van der Waals surface area contributed by atoms with E-state index in [1.54, 1.807) is 0 Å². The van der Waals surface area contributed by atoms with Crippen LogP contribution in [0.25, 0.3) is 10.8 Å². The third-order valence-electron chi connectivity index (χ3n) is 4.42. The molecule has 6 nitrogen and oxygen atoms in total. The monoisotopic (exact) mass is 403 g/mol. The Balaban J connectivity index is 1.30. The Bertz CT molecular complexity index is 1120. The van der Waals surface area contributed by atoms with Gasteiger partial charge in [-0.15, -0.1) is 5.10 Å². The number of hydrogen-bond acceptors (Lipinski definition) is 5. The number of nitrogens with one attached hydrogen (secondary N) is 3. The molecule has 3 aromatic carbocycles. The highest BCUT2D eigenvalue weighted by Crippen LogP contribution is 2.23. The van der Waals surface area contributed by atoms with Crippen LogP contribution in [0.3, 0.4) is 0 Å². The Hall–Kier alpha value is -3.32. The molecule has 7 heteroatoms. The van der Waals surface area contributed by atoms with Crippen LogP contribution in [0.5, 0.6) is 0 Å². The third-order valence-corrected chi connectivity index (χ3v) is 5.27. The Morgan fingerprint density at radius 1 is 1.03 bits per heavy atom. The third kappa shape index (κ3) is 4.94. The van der Waals surface area contributed by atoms with Gasteiger partial charge in [0.15, 0.2) is 0 Å². The summed E-state index contributed by atoms with van der Waals surface area (Å²) in [6, 6.07) is 22.0. The minimum atomic E-state index is -0.0875. The van der Waals surface area contributed by atoms with Crippen LogP contribution in [0.1, 0.15) is 11.4 Å². The summed E-state index contributed by atoms with van der Waals surface area (Å²) in [5.74, 6) is 0.879. The number of aryl methyl sites for hydroxylation is 1. The molecule has 0 saturated heterocycles. The lowest BCUT2D eigenvalue weighted by atomic mass is 10.1. The van der Waals surface area contributed by atoms with E-state index in [-0.39, 0.29) is 11.7 Å². The van der Waals surface area contributed by atoms with Crippen LogP contribution in [0.15, 0.2) is 71.9 Å². The second kappa shape index (κ2) is 8.79. The van der Waals surface area contributed by atoms with E-state index in [0.29, 0.717) is 11.7 Å². The molecule has 4 rings (SSSR count). The minimum Gasteiger partial charge on any atom is -0.378 e. The minimum absolute atomic E-state index is 0.0875.